The second kappa shape index (κ2) is 7.46. The SMILES string of the molecule is CCOC(=O)C1CCCCCCSS1. The monoisotopic (exact) mass is 234 g/mol. The third-order valence-corrected chi connectivity index (χ3v) is 5.03. The molecule has 4 heteroatoms. The van der Waals surface area contributed by atoms with Crippen LogP contribution < -0.4 is 0 Å². The summed E-state index contributed by atoms with van der Waals surface area (Å²) >= 11 is 0. The maximum atomic E-state index is 11.5. The van der Waals surface area contributed by atoms with Gasteiger partial charge in [0.25, 0.3) is 0 Å². The lowest BCUT2D eigenvalue weighted by Crippen LogP contribution is -2.19. The van der Waals surface area contributed by atoms with Gasteiger partial charge < -0.3 is 4.74 Å². The van der Waals surface area contributed by atoms with Gasteiger partial charge in [0.15, 0.2) is 0 Å². The van der Waals surface area contributed by atoms with E-state index in [4.69, 9.17) is 4.74 Å². The Labute approximate surface area is 93.9 Å². The molecule has 0 spiro atoms. The number of hydrogen-bond acceptors (Lipinski definition) is 4. The maximum Gasteiger partial charge on any atom is 0.319 e. The van der Waals surface area contributed by atoms with Crippen molar-refractivity contribution in [2.75, 3.05) is 12.4 Å². The van der Waals surface area contributed by atoms with Crippen LogP contribution in [0.4, 0.5) is 0 Å². The third kappa shape index (κ3) is 4.60. The molecule has 0 aliphatic carbocycles. The first-order valence-electron chi connectivity index (χ1n) is 5.29. The zero-order valence-electron chi connectivity index (χ0n) is 8.66. The number of carbonyl (C=O) groups is 1. The molecule has 1 aliphatic heterocycles. The van der Waals surface area contributed by atoms with Gasteiger partial charge in [-0.15, -0.1) is 0 Å². The van der Waals surface area contributed by atoms with E-state index in [1.807, 2.05) is 17.7 Å². The van der Waals surface area contributed by atoms with Crippen LogP contribution in [0.5, 0.6) is 0 Å². The summed E-state index contributed by atoms with van der Waals surface area (Å²) in [5.41, 5.74) is 0. The van der Waals surface area contributed by atoms with E-state index < -0.39 is 0 Å². The largest absolute Gasteiger partial charge is 0.465 e. The minimum Gasteiger partial charge on any atom is -0.465 e. The second-order valence-corrected chi connectivity index (χ2v) is 6.05. The van der Waals surface area contributed by atoms with Crippen molar-refractivity contribution in [1.82, 2.24) is 0 Å². The molecular formula is C10H18O2S2. The van der Waals surface area contributed by atoms with Gasteiger partial charge in [-0.3, -0.25) is 4.79 Å². The lowest BCUT2D eigenvalue weighted by Gasteiger charge is -2.12. The van der Waals surface area contributed by atoms with Crippen molar-refractivity contribution in [3.8, 4) is 0 Å². The molecule has 1 saturated heterocycles. The molecule has 1 fully saturated rings. The molecule has 2 nitrogen and oxygen atoms in total. The van der Waals surface area contributed by atoms with E-state index in [0.29, 0.717) is 6.61 Å². The molecule has 0 aromatic rings. The number of hydrogen-bond donors (Lipinski definition) is 0. The number of rotatable bonds is 2. The molecule has 0 saturated carbocycles. The highest BCUT2D eigenvalue weighted by atomic mass is 33.1. The number of ether oxygens (including phenoxy) is 1. The van der Waals surface area contributed by atoms with Crippen LogP contribution in [0.1, 0.15) is 39.0 Å². The van der Waals surface area contributed by atoms with Crippen molar-refractivity contribution in [3.63, 3.8) is 0 Å². The topological polar surface area (TPSA) is 26.3 Å². The molecule has 0 amide bonds. The highest BCUT2D eigenvalue weighted by Crippen LogP contribution is 2.33. The lowest BCUT2D eigenvalue weighted by molar-refractivity contribution is -0.142. The van der Waals surface area contributed by atoms with Crippen molar-refractivity contribution < 1.29 is 9.53 Å². The first kappa shape index (κ1) is 12.2. The van der Waals surface area contributed by atoms with Gasteiger partial charge in [-0.2, -0.15) is 0 Å². The van der Waals surface area contributed by atoms with Crippen molar-refractivity contribution in [1.29, 1.82) is 0 Å². The van der Waals surface area contributed by atoms with E-state index in [0.717, 1.165) is 12.8 Å². The van der Waals surface area contributed by atoms with Gasteiger partial charge in [-0.05, 0) is 19.8 Å². The van der Waals surface area contributed by atoms with Gasteiger partial charge in [0.2, 0.25) is 0 Å². The normalized spacial score (nSPS) is 24.5. The fourth-order valence-corrected chi connectivity index (χ4v) is 4.07. The van der Waals surface area contributed by atoms with Crippen LogP contribution in [0.2, 0.25) is 0 Å². The minimum atomic E-state index is -0.0214. The predicted molar refractivity (Wildman–Crippen MR) is 63.6 cm³/mol. The van der Waals surface area contributed by atoms with E-state index in [-0.39, 0.29) is 11.2 Å². The summed E-state index contributed by atoms with van der Waals surface area (Å²) in [6, 6.07) is 0. The molecule has 0 N–H and O–H groups in total. The van der Waals surface area contributed by atoms with Crippen LogP contribution >= 0.6 is 21.6 Å². The lowest BCUT2D eigenvalue weighted by atomic mass is 10.1. The molecule has 1 aliphatic rings. The highest BCUT2D eigenvalue weighted by molar-refractivity contribution is 8.77. The first-order valence-corrected chi connectivity index (χ1v) is 7.67. The summed E-state index contributed by atoms with van der Waals surface area (Å²) in [6.07, 6.45) is 6.00. The molecule has 0 aromatic heterocycles. The molecule has 14 heavy (non-hydrogen) atoms. The van der Waals surface area contributed by atoms with E-state index >= 15 is 0 Å². The predicted octanol–water partition coefficient (Wildman–Crippen LogP) is 3.26. The fourth-order valence-electron chi connectivity index (χ4n) is 1.41. The van der Waals surface area contributed by atoms with Gasteiger partial charge in [0, 0.05) is 5.75 Å². The average molecular weight is 234 g/mol. The Morgan fingerprint density at radius 2 is 2.14 bits per heavy atom. The van der Waals surface area contributed by atoms with Crippen LogP contribution in [0, 0.1) is 0 Å². The molecule has 82 valence electrons. The smallest absolute Gasteiger partial charge is 0.319 e. The molecular weight excluding hydrogens is 216 g/mol. The third-order valence-electron chi connectivity index (χ3n) is 2.18. The summed E-state index contributed by atoms with van der Waals surface area (Å²) in [6.45, 7) is 2.37. The van der Waals surface area contributed by atoms with Crippen molar-refractivity contribution in [2.24, 2.45) is 0 Å². The van der Waals surface area contributed by atoms with Crippen LogP contribution in [0.25, 0.3) is 0 Å². The van der Waals surface area contributed by atoms with Crippen molar-refractivity contribution in [3.05, 3.63) is 0 Å². The number of esters is 1. The first-order chi connectivity index (χ1) is 6.84. The summed E-state index contributed by atoms with van der Waals surface area (Å²) in [4.78, 5) is 11.5. The molecule has 1 rings (SSSR count). The molecule has 0 bridgehead atoms. The minimum absolute atomic E-state index is 0.0214. The zero-order valence-corrected chi connectivity index (χ0v) is 10.3. The van der Waals surface area contributed by atoms with Crippen molar-refractivity contribution >= 4 is 27.6 Å². The Morgan fingerprint density at radius 1 is 1.36 bits per heavy atom. The van der Waals surface area contributed by atoms with Crippen LogP contribution in [0.3, 0.4) is 0 Å². The average Bonchev–Trinajstić information content (AvgIpc) is 2.30. The molecule has 1 atom stereocenters. The maximum absolute atomic E-state index is 11.5. The Hall–Kier alpha value is 0.170. The highest BCUT2D eigenvalue weighted by Gasteiger charge is 2.20. The molecule has 1 unspecified atom stereocenters. The Balaban J connectivity index is 2.35. The Morgan fingerprint density at radius 3 is 2.93 bits per heavy atom. The van der Waals surface area contributed by atoms with E-state index in [9.17, 15) is 4.79 Å². The van der Waals surface area contributed by atoms with E-state index in [2.05, 4.69) is 0 Å². The molecule has 1 heterocycles. The van der Waals surface area contributed by atoms with Gasteiger partial charge in [0.05, 0.1) is 6.61 Å². The van der Waals surface area contributed by atoms with Crippen LogP contribution in [-0.2, 0) is 9.53 Å². The van der Waals surface area contributed by atoms with Gasteiger partial charge in [-0.25, -0.2) is 0 Å². The molecule has 0 aromatic carbocycles. The summed E-state index contributed by atoms with van der Waals surface area (Å²) in [7, 11) is 3.52. The van der Waals surface area contributed by atoms with Gasteiger partial charge in [0.1, 0.15) is 5.25 Å². The fraction of sp³-hybridized carbons (Fsp3) is 0.900. The quantitative estimate of drug-likeness (QED) is 0.541. The summed E-state index contributed by atoms with van der Waals surface area (Å²) < 4.78 is 5.05. The summed E-state index contributed by atoms with van der Waals surface area (Å²) in [5, 5.41) is 0.0676. The Bertz CT molecular complexity index is 164. The number of carbonyl (C=O) groups excluding carboxylic acids is 1. The molecule has 0 radical (unpaired) electrons. The van der Waals surface area contributed by atoms with Gasteiger partial charge >= 0.3 is 5.97 Å². The summed E-state index contributed by atoms with van der Waals surface area (Å²) in [5.74, 6) is 1.15. The standard InChI is InChI=1S/C10H18O2S2/c1-2-12-10(11)9-7-5-3-4-6-8-13-14-9/h9H,2-8H2,1H3. The van der Waals surface area contributed by atoms with E-state index in [1.165, 1.54) is 25.0 Å². The Kier molecular flexibility index (Phi) is 6.52. The van der Waals surface area contributed by atoms with Crippen LogP contribution in [-0.4, -0.2) is 23.6 Å². The van der Waals surface area contributed by atoms with Gasteiger partial charge in [-0.1, -0.05) is 40.9 Å². The van der Waals surface area contributed by atoms with Crippen LogP contribution in [0.15, 0.2) is 0 Å². The van der Waals surface area contributed by atoms with Crippen molar-refractivity contribution in [2.45, 2.75) is 44.3 Å². The van der Waals surface area contributed by atoms with E-state index in [1.54, 1.807) is 10.8 Å². The zero-order chi connectivity index (χ0) is 10.2. The second-order valence-electron chi connectivity index (χ2n) is 3.36.